The first-order valence-electron chi connectivity index (χ1n) is 8.92. The first kappa shape index (κ1) is 18.9. The Morgan fingerprint density at radius 1 is 1.29 bits per heavy atom. The molecule has 0 bridgehead atoms. The van der Waals surface area contributed by atoms with E-state index in [0.29, 0.717) is 29.6 Å². The number of amides is 1. The summed E-state index contributed by atoms with van der Waals surface area (Å²) >= 11 is 0. The molecule has 1 unspecified atom stereocenters. The summed E-state index contributed by atoms with van der Waals surface area (Å²) in [7, 11) is 0. The van der Waals surface area contributed by atoms with E-state index in [0.717, 1.165) is 39.1 Å². The highest BCUT2D eigenvalue weighted by Gasteiger charge is 2.27. The van der Waals surface area contributed by atoms with Crippen molar-refractivity contribution in [3.8, 4) is 0 Å². The zero-order chi connectivity index (χ0) is 17.5. The number of aryl methyl sites for hydroxylation is 1. The Bertz CT molecular complexity index is 540. The summed E-state index contributed by atoms with van der Waals surface area (Å²) in [5.74, 6) is -0.0244. The molecule has 0 saturated carbocycles. The minimum Gasteiger partial charge on any atom is -0.379 e. The minimum absolute atomic E-state index is 0.210. The lowest BCUT2D eigenvalue weighted by Crippen LogP contribution is -2.52. The predicted molar refractivity (Wildman–Crippen MR) is 93.7 cm³/mol. The van der Waals surface area contributed by atoms with Crippen molar-refractivity contribution < 1.29 is 13.9 Å². The summed E-state index contributed by atoms with van der Waals surface area (Å²) in [5, 5.41) is 3.00. The second-order valence-electron chi connectivity index (χ2n) is 6.47. The molecule has 1 aromatic rings. The molecule has 0 radical (unpaired) electrons. The number of morpholine rings is 1. The highest BCUT2D eigenvalue weighted by Crippen LogP contribution is 2.20. The number of nitrogens with zero attached hydrogens (tertiary/aromatic N) is 1. The van der Waals surface area contributed by atoms with Gasteiger partial charge in [-0.1, -0.05) is 32.8 Å². The fourth-order valence-electron chi connectivity index (χ4n) is 3.37. The molecule has 4 nitrogen and oxygen atoms in total. The van der Waals surface area contributed by atoms with E-state index in [1.165, 1.54) is 6.07 Å². The van der Waals surface area contributed by atoms with E-state index < -0.39 is 0 Å². The summed E-state index contributed by atoms with van der Waals surface area (Å²) in [6, 6.07) is 4.92. The average Bonchev–Trinajstić information content (AvgIpc) is 2.61. The normalized spacial score (nSPS) is 17.0. The minimum atomic E-state index is -0.340. The van der Waals surface area contributed by atoms with Gasteiger partial charge in [0.1, 0.15) is 5.82 Å². The van der Waals surface area contributed by atoms with Crippen LogP contribution >= 0.6 is 0 Å². The highest BCUT2D eigenvalue weighted by atomic mass is 19.1. The maximum atomic E-state index is 13.7. The van der Waals surface area contributed by atoms with E-state index in [4.69, 9.17) is 4.74 Å². The van der Waals surface area contributed by atoms with Gasteiger partial charge in [0.25, 0.3) is 5.91 Å². The van der Waals surface area contributed by atoms with Gasteiger partial charge in [-0.2, -0.15) is 0 Å². The van der Waals surface area contributed by atoms with Gasteiger partial charge >= 0.3 is 0 Å². The number of hydrogen-bond donors (Lipinski definition) is 1. The Balaban J connectivity index is 2.02. The molecule has 134 valence electrons. The molecule has 0 aromatic heterocycles. The van der Waals surface area contributed by atoms with Crippen molar-refractivity contribution in [2.24, 2.45) is 5.92 Å². The number of ether oxygens (including phenoxy) is 1. The first-order chi connectivity index (χ1) is 11.6. The van der Waals surface area contributed by atoms with Crippen LogP contribution in [-0.2, 0) is 4.74 Å². The van der Waals surface area contributed by atoms with Crippen LogP contribution in [0.4, 0.5) is 4.39 Å². The van der Waals surface area contributed by atoms with Gasteiger partial charge in [0.15, 0.2) is 0 Å². The fraction of sp³-hybridized carbons (Fsp3) is 0.632. The number of halogens is 1. The maximum absolute atomic E-state index is 13.7. The van der Waals surface area contributed by atoms with Crippen LogP contribution in [-0.4, -0.2) is 49.7 Å². The van der Waals surface area contributed by atoms with Crippen LogP contribution in [0.1, 0.15) is 42.6 Å². The van der Waals surface area contributed by atoms with E-state index in [-0.39, 0.29) is 11.7 Å². The predicted octanol–water partition coefficient (Wildman–Crippen LogP) is 3.00. The zero-order valence-electron chi connectivity index (χ0n) is 15.0. The van der Waals surface area contributed by atoms with Crippen molar-refractivity contribution in [1.82, 2.24) is 10.2 Å². The third-order valence-corrected chi connectivity index (χ3v) is 5.01. The standard InChI is InChI=1S/C19H29FN2O2/c1-4-15(5-2)18(22-8-10-24-11-9-22)13-21-19(23)16-7-6-14(3)17(20)12-16/h6-7,12,15,18H,4-5,8-11,13H2,1-3H3,(H,21,23). The number of hydrogen-bond acceptors (Lipinski definition) is 3. The first-order valence-corrected chi connectivity index (χ1v) is 8.92. The van der Waals surface area contributed by atoms with Crippen LogP contribution in [0.25, 0.3) is 0 Å². The second kappa shape index (κ2) is 9.14. The molecule has 1 aliphatic rings. The lowest BCUT2D eigenvalue weighted by atomic mass is 9.92. The molecule has 0 aliphatic carbocycles. The molecule has 1 saturated heterocycles. The summed E-state index contributed by atoms with van der Waals surface area (Å²) < 4.78 is 19.1. The van der Waals surface area contributed by atoms with Crippen LogP contribution in [0.5, 0.6) is 0 Å². The van der Waals surface area contributed by atoms with Crippen LogP contribution in [0.2, 0.25) is 0 Å². The molecule has 1 fully saturated rings. The summed E-state index contributed by atoms with van der Waals surface area (Å²) in [5.41, 5.74) is 0.929. The molecule has 1 N–H and O–H groups in total. The van der Waals surface area contributed by atoms with Crippen molar-refractivity contribution in [2.45, 2.75) is 39.7 Å². The SMILES string of the molecule is CCC(CC)C(CNC(=O)c1ccc(C)c(F)c1)N1CCOCC1. The summed E-state index contributed by atoms with van der Waals surface area (Å²) in [4.78, 5) is 14.8. The molecule has 24 heavy (non-hydrogen) atoms. The van der Waals surface area contributed by atoms with Gasteiger partial charge in [-0.25, -0.2) is 4.39 Å². The molecule has 0 spiro atoms. The zero-order valence-corrected chi connectivity index (χ0v) is 15.0. The molecule has 2 rings (SSSR count). The van der Waals surface area contributed by atoms with Crippen LogP contribution in [0.3, 0.4) is 0 Å². The number of carbonyl (C=O) groups is 1. The monoisotopic (exact) mass is 336 g/mol. The van der Waals surface area contributed by atoms with Gasteiger partial charge < -0.3 is 10.1 Å². The van der Waals surface area contributed by atoms with E-state index in [2.05, 4.69) is 24.1 Å². The number of rotatable bonds is 7. The van der Waals surface area contributed by atoms with Gasteiger partial charge in [0.2, 0.25) is 0 Å². The summed E-state index contributed by atoms with van der Waals surface area (Å²) in [6.45, 7) is 9.95. The van der Waals surface area contributed by atoms with E-state index in [1.807, 2.05) is 0 Å². The third kappa shape index (κ3) is 4.77. The molecule has 1 heterocycles. The Morgan fingerprint density at radius 3 is 2.54 bits per heavy atom. The molecular weight excluding hydrogens is 307 g/mol. The van der Waals surface area contributed by atoms with E-state index in [9.17, 15) is 9.18 Å². The molecule has 1 atom stereocenters. The van der Waals surface area contributed by atoms with Crippen molar-refractivity contribution in [3.05, 3.63) is 35.1 Å². The number of nitrogens with one attached hydrogen (secondary N) is 1. The van der Waals surface area contributed by atoms with Crippen molar-refractivity contribution in [3.63, 3.8) is 0 Å². The van der Waals surface area contributed by atoms with Crippen LogP contribution in [0.15, 0.2) is 18.2 Å². The highest BCUT2D eigenvalue weighted by molar-refractivity contribution is 5.94. The topological polar surface area (TPSA) is 41.6 Å². The Morgan fingerprint density at radius 2 is 1.96 bits per heavy atom. The number of benzene rings is 1. The Labute approximate surface area is 144 Å². The lowest BCUT2D eigenvalue weighted by Gasteiger charge is -2.38. The van der Waals surface area contributed by atoms with Crippen molar-refractivity contribution in [2.75, 3.05) is 32.8 Å². The lowest BCUT2D eigenvalue weighted by molar-refractivity contribution is 0.00191. The number of carbonyl (C=O) groups excluding carboxylic acids is 1. The third-order valence-electron chi connectivity index (χ3n) is 5.01. The quantitative estimate of drug-likeness (QED) is 0.832. The smallest absolute Gasteiger partial charge is 0.251 e. The van der Waals surface area contributed by atoms with Gasteiger partial charge in [-0.3, -0.25) is 9.69 Å². The van der Waals surface area contributed by atoms with Crippen LogP contribution in [0, 0.1) is 18.7 Å². The van der Waals surface area contributed by atoms with Gasteiger partial charge in [-0.05, 0) is 30.5 Å². The van der Waals surface area contributed by atoms with Gasteiger partial charge in [-0.15, -0.1) is 0 Å². The molecule has 5 heteroatoms. The average molecular weight is 336 g/mol. The van der Waals surface area contributed by atoms with Gasteiger partial charge in [0, 0.05) is 31.2 Å². The maximum Gasteiger partial charge on any atom is 0.251 e. The van der Waals surface area contributed by atoms with Crippen molar-refractivity contribution in [1.29, 1.82) is 0 Å². The van der Waals surface area contributed by atoms with Crippen molar-refractivity contribution >= 4 is 5.91 Å². The molecule has 1 aliphatic heterocycles. The molecule has 1 aromatic carbocycles. The Kier molecular flexibility index (Phi) is 7.18. The van der Waals surface area contributed by atoms with E-state index >= 15 is 0 Å². The molecule has 1 amide bonds. The second-order valence-corrected chi connectivity index (χ2v) is 6.47. The molecular formula is C19H29FN2O2. The largest absolute Gasteiger partial charge is 0.379 e. The fourth-order valence-corrected chi connectivity index (χ4v) is 3.37. The van der Waals surface area contributed by atoms with E-state index in [1.54, 1.807) is 19.1 Å². The van der Waals surface area contributed by atoms with Crippen LogP contribution < -0.4 is 5.32 Å². The van der Waals surface area contributed by atoms with Gasteiger partial charge in [0.05, 0.1) is 13.2 Å². The Hall–Kier alpha value is -1.46. The summed E-state index contributed by atoms with van der Waals surface area (Å²) in [6.07, 6.45) is 2.15.